The molecule has 0 saturated carbocycles. The van der Waals surface area contributed by atoms with Gasteiger partial charge in [0.25, 0.3) is 0 Å². The van der Waals surface area contributed by atoms with Crippen molar-refractivity contribution in [1.29, 1.82) is 0 Å². The van der Waals surface area contributed by atoms with Crippen LogP contribution in [0.3, 0.4) is 0 Å². The van der Waals surface area contributed by atoms with Gasteiger partial charge >= 0.3 is 0 Å². The molecule has 94 valence electrons. The van der Waals surface area contributed by atoms with Crippen LogP contribution in [0, 0.1) is 0 Å². The zero-order valence-electron chi connectivity index (χ0n) is 9.13. The third-order valence-corrected chi connectivity index (χ3v) is 4.20. The van der Waals surface area contributed by atoms with E-state index in [1.165, 1.54) is 0 Å². The summed E-state index contributed by atoms with van der Waals surface area (Å²) in [6.45, 7) is 0. The highest BCUT2D eigenvalue weighted by Crippen LogP contribution is 2.30. The first kappa shape index (κ1) is 14.4. The fourth-order valence-corrected chi connectivity index (χ4v) is 3.29. The van der Waals surface area contributed by atoms with Crippen molar-refractivity contribution < 1.29 is 0 Å². The zero-order valence-corrected chi connectivity index (χ0v) is 13.8. The van der Waals surface area contributed by atoms with Gasteiger partial charge in [0.1, 0.15) is 0 Å². The quantitative estimate of drug-likeness (QED) is 0.689. The molecule has 2 rings (SSSR count). The van der Waals surface area contributed by atoms with Crippen molar-refractivity contribution in [3.8, 4) is 0 Å². The summed E-state index contributed by atoms with van der Waals surface area (Å²) < 4.78 is 1.95. The van der Waals surface area contributed by atoms with Crippen LogP contribution in [0.2, 0.25) is 10.0 Å². The van der Waals surface area contributed by atoms with Gasteiger partial charge in [-0.2, -0.15) is 0 Å². The Morgan fingerprint density at radius 1 is 0.833 bits per heavy atom. The molecule has 0 saturated heterocycles. The van der Waals surface area contributed by atoms with E-state index in [4.69, 9.17) is 28.9 Å². The van der Waals surface area contributed by atoms with Crippen LogP contribution in [0.1, 0.15) is 17.2 Å². The molecule has 5 heteroatoms. The lowest BCUT2D eigenvalue weighted by Crippen LogP contribution is -2.11. The Morgan fingerprint density at radius 2 is 1.44 bits per heavy atom. The van der Waals surface area contributed by atoms with E-state index in [0.29, 0.717) is 10.0 Å². The maximum atomic E-state index is 6.23. The van der Waals surface area contributed by atoms with Crippen molar-refractivity contribution in [3.05, 3.63) is 66.5 Å². The summed E-state index contributed by atoms with van der Waals surface area (Å²) in [7, 11) is 0. The first-order valence-corrected chi connectivity index (χ1v) is 7.48. The molecule has 1 atom stereocenters. The van der Waals surface area contributed by atoms with Crippen LogP contribution < -0.4 is 5.73 Å². The summed E-state index contributed by atoms with van der Waals surface area (Å²) in [6.07, 6.45) is 0. The summed E-state index contributed by atoms with van der Waals surface area (Å²) in [5, 5.41) is 1.04. The fourth-order valence-electron chi connectivity index (χ4n) is 1.65. The van der Waals surface area contributed by atoms with Gasteiger partial charge < -0.3 is 5.73 Å². The molecular weight excluding hydrogens is 401 g/mol. The van der Waals surface area contributed by atoms with Gasteiger partial charge in [0, 0.05) is 8.95 Å². The average Bonchev–Trinajstić information content (AvgIpc) is 2.30. The van der Waals surface area contributed by atoms with Gasteiger partial charge in [0.2, 0.25) is 0 Å². The summed E-state index contributed by atoms with van der Waals surface area (Å²) in [4.78, 5) is 0. The Kier molecular flexibility index (Phi) is 4.73. The average molecular weight is 410 g/mol. The van der Waals surface area contributed by atoms with Crippen molar-refractivity contribution in [2.45, 2.75) is 6.04 Å². The summed E-state index contributed by atoms with van der Waals surface area (Å²) in [5.74, 6) is 0. The van der Waals surface area contributed by atoms with Crippen LogP contribution in [0.4, 0.5) is 0 Å². The lowest BCUT2D eigenvalue weighted by molar-refractivity contribution is 0.869. The van der Waals surface area contributed by atoms with Crippen LogP contribution in [-0.2, 0) is 0 Å². The highest BCUT2D eigenvalue weighted by atomic mass is 79.9. The normalized spacial score (nSPS) is 12.5. The molecule has 2 aromatic carbocycles. The van der Waals surface area contributed by atoms with Gasteiger partial charge in [0.05, 0.1) is 16.1 Å². The second kappa shape index (κ2) is 5.93. The molecular formula is C13H9Br2Cl2N. The molecule has 0 aliphatic heterocycles. The monoisotopic (exact) mass is 407 g/mol. The van der Waals surface area contributed by atoms with Gasteiger partial charge in [-0.05, 0) is 41.5 Å². The molecule has 0 aromatic heterocycles. The van der Waals surface area contributed by atoms with E-state index in [-0.39, 0.29) is 6.04 Å². The molecule has 2 N–H and O–H groups in total. The Bertz CT molecular complexity index is 567. The summed E-state index contributed by atoms with van der Waals surface area (Å²) in [6, 6.07) is 11.1. The highest BCUT2D eigenvalue weighted by molar-refractivity contribution is 9.11. The van der Waals surface area contributed by atoms with E-state index in [9.17, 15) is 0 Å². The predicted molar refractivity (Wildman–Crippen MR) is 84.3 cm³/mol. The number of hydrogen-bond acceptors (Lipinski definition) is 1. The van der Waals surface area contributed by atoms with Gasteiger partial charge in [0.15, 0.2) is 0 Å². The highest BCUT2D eigenvalue weighted by Gasteiger charge is 2.11. The van der Waals surface area contributed by atoms with E-state index >= 15 is 0 Å². The number of rotatable bonds is 2. The topological polar surface area (TPSA) is 26.0 Å². The van der Waals surface area contributed by atoms with Gasteiger partial charge in [-0.25, -0.2) is 0 Å². The first-order valence-electron chi connectivity index (χ1n) is 5.14. The molecule has 0 radical (unpaired) electrons. The second-order valence-corrected chi connectivity index (χ2v) is 6.50. The minimum atomic E-state index is -0.242. The van der Waals surface area contributed by atoms with Crippen molar-refractivity contribution in [1.82, 2.24) is 0 Å². The fraction of sp³-hybridized carbons (Fsp3) is 0.0769. The summed E-state index contributed by atoms with van der Waals surface area (Å²) in [5.41, 5.74) is 8.15. The molecule has 1 nitrogen and oxygen atoms in total. The summed E-state index contributed by atoms with van der Waals surface area (Å²) >= 11 is 18.8. The SMILES string of the molecule is NC(c1cc(Br)cc(Br)c1)c1ccc(Cl)c(Cl)c1. The van der Waals surface area contributed by atoms with Crippen LogP contribution in [-0.4, -0.2) is 0 Å². The Morgan fingerprint density at radius 3 is 2.00 bits per heavy atom. The van der Waals surface area contributed by atoms with E-state index in [1.54, 1.807) is 12.1 Å². The maximum Gasteiger partial charge on any atom is 0.0595 e. The Hall–Kier alpha value is -0.0600. The lowest BCUT2D eigenvalue weighted by Gasteiger charge is -2.14. The minimum Gasteiger partial charge on any atom is -0.320 e. The largest absolute Gasteiger partial charge is 0.320 e. The molecule has 0 bridgehead atoms. The molecule has 0 aliphatic carbocycles. The van der Waals surface area contributed by atoms with Gasteiger partial charge in [-0.1, -0.05) is 61.1 Å². The third-order valence-electron chi connectivity index (χ3n) is 2.55. The van der Waals surface area contributed by atoms with Gasteiger partial charge in [-0.3, -0.25) is 0 Å². The van der Waals surface area contributed by atoms with E-state index in [1.807, 2.05) is 24.3 Å². The third kappa shape index (κ3) is 3.28. The minimum absolute atomic E-state index is 0.242. The molecule has 0 spiro atoms. The number of hydrogen-bond donors (Lipinski definition) is 1. The molecule has 18 heavy (non-hydrogen) atoms. The lowest BCUT2D eigenvalue weighted by atomic mass is 10.00. The van der Waals surface area contributed by atoms with Crippen molar-refractivity contribution in [2.75, 3.05) is 0 Å². The Balaban J connectivity index is 2.40. The molecule has 2 aromatic rings. The van der Waals surface area contributed by atoms with Crippen LogP contribution in [0.25, 0.3) is 0 Å². The molecule has 0 aliphatic rings. The molecule has 0 heterocycles. The van der Waals surface area contributed by atoms with Crippen molar-refractivity contribution in [3.63, 3.8) is 0 Å². The van der Waals surface area contributed by atoms with Crippen LogP contribution in [0.5, 0.6) is 0 Å². The second-order valence-electron chi connectivity index (χ2n) is 3.85. The molecule has 0 fully saturated rings. The predicted octanol–water partition coefficient (Wildman–Crippen LogP) is 5.57. The van der Waals surface area contributed by atoms with E-state index in [2.05, 4.69) is 31.9 Å². The zero-order chi connectivity index (χ0) is 13.3. The number of benzene rings is 2. The smallest absolute Gasteiger partial charge is 0.0595 e. The van der Waals surface area contributed by atoms with E-state index < -0.39 is 0 Å². The number of halogens is 4. The number of nitrogens with two attached hydrogens (primary N) is 1. The van der Waals surface area contributed by atoms with Crippen LogP contribution in [0.15, 0.2) is 45.3 Å². The van der Waals surface area contributed by atoms with Crippen LogP contribution >= 0.6 is 55.1 Å². The van der Waals surface area contributed by atoms with Crippen molar-refractivity contribution >= 4 is 55.1 Å². The maximum absolute atomic E-state index is 6.23. The van der Waals surface area contributed by atoms with Crippen molar-refractivity contribution in [2.24, 2.45) is 5.73 Å². The standard InChI is InChI=1S/C13H9Br2Cl2N/c14-9-3-8(4-10(15)6-9)13(18)7-1-2-11(16)12(17)5-7/h1-6,13H,18H2. The van der Waals surface area contributed by atoms with E-state index in [0.717, 1.165) is 20.1 Å². The molecule has 1 unspecified atom stereocenters. The Labute approximate surface area is 133 Å². The first-order chi connectivity index (χ1) is 8.47. The molecule has 0 amide bonds. The van der Waals surface area contributed by atoms with Gasteiger partial charge in [-0.15, -0.1) is 0 Å².